The van der Waals surface area contributed by atoms with Crippen LogP contribution in [0.5, 0.6) is 69.0 Å². The molecule has 236 valence electrons. The van der Waals surface area contributed by atoms with Crippen LogP contribution in [0.25, 0.3) is 0 Å². The van der Waals surface area contributed by atoms with Crippen LogP contribution < -0.4 is 14.2 Å². The van der Waals surface area contributed by atoms with E-state index in [2.05, 4.69) is 0 Å². The molecule has 2 heterocycles. The average Bonchev–Trinajstić information content (AvgIpc) is 2.96. The van der Waals surface area contributed by atoms with Crippen molar-refractivity contribution >= 4 is 0 Å². The van der Waals surface area contributed by atoms with Crippen LogP contribution in [0.4, 0.5) is 0 Å². The van der Waals surface area contributed by atoms with E-state index in [0.29, 0.717) is 0 Å². The van der Waals surface area contributed by atoms with Crippen molar-refractivity contribution in [3.05, 3.63) is 70.3 Å². The van der Waals surface area contributed by atoms with Gasteiger partial charge in [0.05, 0.1) is 19.1 Å². The van der Waals surface area contributed by atoms with Crippen LogP contribution in [0.15, 0.2) is 42.5 Å². The van der Waals surface area contributed by atoms with E-state index in [1.165, 1.54) is 19.2 Å². The molecule has 4 aromatic carbocycles. The van der Waals surface area contributed by atoms with E-state index in [9.17, 15) is 56.2 Å². The molecule has 6 rings (SSSR count). The van der Waals surface area contributed by atoms with E-state index in [-0.39, 0.29) is 51.5 Å². The molecule has 14 heteroatoms. The average molecular weight is 625 g/mol. The molecule has 45 heavy (non-hydrogen) atoms. The Morgan fingerprint density at radius 1 is 0.622 bits per heavy atom. The van der Waals surface area contributed by atoms with Crippen LogP contribution in [0.3, 0.4) is 0 Å². The number of ether oxygens (including phenoxy) is 3. The molecule has 11 N–H and O–H groups in total. The molecular formula is C31H28O14. The van der Waals surface area contributed by atoms with Gasteiger partial charge in [-0.25, -0.2) is 0 Å². The smallest absolute Gasteiger partial charge is 0.202 e. The van der Waals surface area contributed by atoms with Gasteiger partial charge in [0, 0.05) is 52.4 Å². The molecule has 0 radical (unpaired) electrons. The summed E-state index contributed by atoms with van der Waals surface area (Å²) in [5.41, 5.74) is -0.232. The first kappa shape index (κ1) is 29.5. The van der Waals surface area contributed by atoms with Gasteiger partial charge in [0.25, 0.3) is 0 Å². The fourth-order valence-electron chi connectivity index (χ4n) is 6.06. The van der Waals surface area contributed by atoms with Gasteiger partial charge in [0.2, 0.25) is 5.75 Å². The number of hydrogen-bond acceptors (Lipinski definition) is 14. The van der Waals surface area contributed by atoms with E-state index < -0.39 is 82.1 Å². The minimum atomic E-state index is -1.74. The number of aromatic hydroxyl groups is 9. The number of benzene rings is 4. The number of aliphatic hydroxyl groups is 2. The molecule has 0 saturated heterocycles. The van der Waals surface area contributed by atoms with E-state index in [1.54, 1.807) is 0 Å². The number of hydrogen-bond donors (Lipinski definition) is 11. The second-order valence-corrected chi connectivity index (χ2v) is 10.8. The number of aliphatic hydroxyl groups excluding tert-OH is 2. The number of phenolic OH excluding ortho intramolecular Hbond substituents is 9. The zero-order chi connectivity index (χ0) is 32.5. The van der Waals surface area contributed by atoms with E-state index in [1.807, 2.05) is 0 Å². The highest BCUT2D eigenvalue weighted by Crippen LogP contribution is 2.57. The van der Waals surface area contributed by atoms with Gasteiger partial charge in [-0.15, -0.1) is 0 Å². The summed E-state index contributed by atoms with van der Waals surface area (Å²) in [7, 11) is 1.23. The highest BCUT2D eigenvalue weighted by molar-refractivity contribution is 5.66. The van der Waals surface area contributed by atoms with Crippen molar-refractivity contribution in [3.63, 3.8) is 0 Å². The predicted octanol–water partition coefficient (Wildman–Crippen LogP) is 2.71. The summed E-state index contributed by atoms with van der Waals surface area (Å²) in [6.45, 7) is 0. The van der Waals surface area contributed by atoms with Crippen LogP contribution in [-0.2, 0) is 6.42 Å². The molecule has 0 aromatic heterocycles. The molecule has 0 saturated carbocycles. The monoisotopic (exact) mass is 624 g/mol. The first-order valence-electron chi connectivity index (χ1n) is 13.5. The number of methoxy groups -OCH3 is 1. The lowest BCUT2D eigenvalue weighted by Gasteiger charge is -2.40. The van der Waals surface area contributed by atoms with Crippen LogP contribution in [-0.4, -0.2) is 75.5 Å². The molecule has 2 aliphatic rings. The molecule has 0 aliphatic carbocycles. The lowest BCUT2D eigenvalue weighted by Crippen LogP contribution is -2.36. The maximum absolute atomic E-state index is 11.8. The lowest BCUT2D eigenvalue weighted by molar-refractivity contribution is 0.00106. The Bertz CT molecular complexity index is 1790. The van der Waals surface area contributed by atoms with Gasteiger partial charge in [-0.3, -0.25) is 0 Å². The van der Waals surface area contributed by atoms with Crippen molar-refractivity contribution in [2.24, 2.45) is 0 Å². The topological polar surface area (TPSA) is 250 Å². The van der Waals surface area contributed by atoms with Gasteiger partial charge in [0.1, 0.15) is 40.6 Å². The van der Waals surface area contributed by atoms with Crippen molar-refractivity contribution < 1.29 is 70.4 Å². The molecule has 2 aliphatic heterocycles. The molecule has 0 amide bonds. The minimum Gasteiger partial charge on any atom is -0.508 e. The number of rotatable bonds is 4. The molecule has 14 nitrogen and oxygen atoms in total. The molecule has 0 spiro atoms. The largest absolute Gasteiger partial charge is 0.508 e. The Morgan fingerprint density at radius 3 is 1.82 bits per heavy atom. The second-order valence-electron chi connectivity index (χ2n) is 10.8. The van der Waals surface area contributed by atoms with Crippen molar-refractivity contribution in [2.45, 2.75) is 36.8 Å². The molecule has 0 fully saturated rings. The van der Waals surface area contributed by atoms with Crippen molar-refractivity contribution in [2.75, 3.05) is 7.11 Å². The van der Waals surface area contributed by atoms with Crippen LogP contribution in [0.1, 0.15) is 45.9 Å². The Morgan fingerprint density at radius 2 is 1.20 bits per heavy atom. The molecular weight excluding hydrogens is 596 g/mol. The molecule has 4 aromatic rings. The third-order valence-electron chi connectivity index (χ3n) is 8.04. The Kier molecular flexibility index (Phi) is 6.90. The van der Waals surface area contributed by atoms with Gasteiger partial charge < -0.3 is 70.4 Å². The lowest BCUT2D eigenvalue weighted by atomic mass is 9.77. The third kappa shape index (κ3) is 4.67. The Labute approximate surface area is 253 Å². The van der Waals surface area contributed by atoms with Crippen LogP contribution in [0, 0.1) is 0 Å². The summed E-state index contributed by atoms with van der Waals surface area (Å²) in [6.07, 6.45) is -6.10. The number of phenols is 9. The van der Waals surface area contributed by atoms with Crippen molar-refractivity contribution in [1.29, 1.82) is 0 Å². The van der Waals surface area contributed by atoms with Crippen molar-refractivity contribution in [1.82, 2.24) is 0 Å². The summed E-state index contributed by atoms with van der Waals surface area (Å²) in [6, 6.07) is 7.47. The van der Waals surface area contributed by atoms with Gasteiger partial charge in [-0.2, -0.15) is 0 Å². The summed E-state index contributed by atoms with van der Waals surface area (Å²) >= 11 is 0. The van der Waals surface area contributed by atoms with E-state index in [4.69, 9.17) is 14.2 Å². The quantitative estimate of drug-likeness (QED) is 0.146. The minimum absolute atomic E-state index is 0.0171. The maximum Gasteiger partial charge on any atom is 0.202 e. The normalized spacial score (nSPS) is 22.1. The highest BCUT2D eigenvalue weighted by atomic mass is 16.5. The third-order valence-corrected chi connectivity index (χ3v) is 8.04. The Balaban J connectivity index is 1.55. The maximum atomic E-state index is 11.8. The second kappa shape index (κ2) is 10.5. The Hall–Kier alpha value is -5.60. The summed E-state index contributed by atoms with van der Waals surface area (Å²) < 4.78 is 17.0. The van der Waals surface area contributed by atoms with Gasteiger partial charge >= 0.3 is 0 Å². The van der Waals surface area contributed by atoms with Gasteiger partial charge in [0.15, 0.2) is 41.0 Å². The van der Waals surface area contributed by atoms with E-state index >= 15 is 0 Å². The SMILES string of the molecule is COc1c(O)cc([C@H]2Oc3c(c(O)cc(O)c3[C@@H]3c4c(O)cc(O)cc4O[C@H](c4cc(O)c(O)c(O)c4)[C@@H]3O)C[C@@H]2O)cc1O. The molecule has 0 bridgehead atoms. The molecule has 5 atom stereocenters. The summed E-state index contributed by atoms with van der Waals surface area (Å²) in [4.78, 5) is 0. The van der Waals surface area contributed by atoms with Gasteiger partial charge in [-0.05, 0) is 24.3 Å². The first-order valence-corrected chi connectivity index (χ1v) is 13.5. The molecule has 0 unspecified atom stereocenters. The zero-order valence-corrected chi connectivity index (χ0v) is 23.3. The summed E-state index contributed by atoms with van der Waals surface area (Å²) in [5.74, 6) is -7.33. The van der Waals surface area contributed by atoms with Crippen molar-refractivity contribution in [3.8, 4) is 69.0 Å². The zero-order valence-electron chi connectivity index (χ0n) is 23.3. The predicted molar refractivity (Wildman–Crippen MR) is 152 cm³/mol. The standard InChI is InChI=1S/C31H28O14/c1-43-31-19(38)4-10(5-20(31)39)28-21(40)8-13-14(33)9-16(35)24(30(13)45-28)25-23-15(34)6-12(32)7-22(23)44-29(27(25)42)11-2-17(36)26(41)18(37)3-11/h2-7,9,21,25,27-29,32-42H,8H2,1H3/t21-,25-,27+,28+,29+/m0/s1. The first-order chi connectivity index (χ1) is 21.3. The number of fused-ring (bicyclic) bond motifs is 2. The van der Waals surface area contributed by atoms with E-state index in [0.717, 1.165) is 30.3 Å². The van der Waals surface area contributed by atoms with Gasteiger partial charge in [-0.1, -0.05) is 0 Å². The van der Waals surface area contributed by atoms with Crippen LogP contribution >= 0.6 is 0 Å². The fraction of sp³-hybridized carbons (Fsp3) is 0.226. The highest BCUT2D eigenvalue weighted by Gasteiger charge is 2.46. The summed E-state index contributed by atoms with van der Waals surface area (Å²) in [5, 5.41) is 117. The fourth-order valence-corrected chi connectivity index (χ4v) is 6.06. The van der Waals surface area contributed by atoms with Crippen LogP contribution in [0.2, 0.25) is 0 Å².